The van der Waals surface area contributed by atoms with Gasteiger partial charge in [-0.05, 0) is 43.2 Å². The van der Waals surface area contributed by atoms with Crippen LogP contribution in [0.25, 0.3) is 0 Å². The minimum Gasteiger partial charge on any atom is -0.271 e. The Balaban J connectivity index is 2.34. The number of benzene rings is 1. The third-order valence-electron chi connectivity index (χ3n) is 4.35. The predicted molar refractivity (Wildman–Crippen MR) is 72.6 cm³/mol. The van der Waals surface area contributed by atoms with Crippen molar-refractivity contribution in [3.05, 3.63) is 34.9 Å². The molecule has 17 heavy (non-hydrogen) atoms. The standard InChI is InChI=1S/C15H24N2/c1-11-6-7-13(12(2)10-11)14(17-16)15(3)8-4-5-9-15/h6-7,10,14,17H,4-5,8-9,16H2,1-3H3. The van der Waals surface area contributed by atoms with Crippen LogP contribution in [0.2, 0.25) is 0 Å². The second kappa shape index (κ2) is 4.79. The molecule has 1 unspecified atom stereocenters. The van der Waals surface area contributed by atoms with Crippen LogP contribution in [0, 0.1) is 19.3 Å². The maximum absolute atomic E-state index is 5.83. The topological polar surface area (TPSA) is 38.0 Å². The van der Waals surface area contributed by atoms with Crippen LogP contribution in [0.3, 0.4) is 0 Å². The van der Waals surface area contributed by atoms with Gasteiger partial charge in [0.05, 0.1) is 6.04 Å². The van der Waals surface area contributed by atoms with Gasteiger partial charge in [0, 0.05) is 0 Å². The lowest BCUT2D eigenvalue weighted by molar-refractivity contribution is 0.224. The zero-order valence-corrected chi connectivity index (χ0v) is 11.2. The molecule has 0 aromatic heterocycles. The van der Waals surface area contributed by atoms with Gasteiger partial charge in [-0.25, -0.2) is 0 Å². The Hall–Kier alpha value is -0.860. The van der Waals surface area contributed by atoms with Crippen LogP contribution in [0.1, 0.15) is 55.3 Å². The summed E-state index contributed by atoms with van der Waals surface area (Å²) in [6, 6.07) is 6.95. The number of hydrogen-bond acceptors (Lipinski definition) is 2. The highest BCUT2D eigenvalue weighted by molar-refractivity contribution is 5.34. The Kier molecular flexibility index (Phi) is 3.55. The monoisotopic (exact) mass is 232 g/mol. The van der Waals surface area contributed by atoms with E-state index in [2.05, 4.69) is 44.4 Å². The fourth-order valence-electron chi connectivity index (χ4n) is 3.29. The lowest BCUT2D eigenvalue weighted by Crippen LogP contribution is -2.39. The molecule has 1 aliphatic rings. The molecule has 0 amide bonds. The van der Waals surface area contributed by atoms with Gasteiger partial charge in [0.2, 0.25) is 0 Å². The van der Waals surface area contributed by atoms with Crippen LogP contribution < -0.4 is 11.3 Å². The molecule has 0 bridgehead atoms. The highest BCUT2D eigenvalue weighted by atomic mass is 15.2. The first-order chi connectivity index (χ1) is 8.07. The van der Waals surface area contributed by atoms with Gasteiger partial charge < -0.3 is 0 Å². The maximum atomic E-state index is 5.83. The third-order valence-corrected chi connectivity index (χ3v) is 4.35. The highest BCUT2D eigenvalue weighted by Crippen LogP contribution is 2.47. The molecule has 1 saturated carbocycles. The van der Waals surface area contributed by atoms with E-state index in [4.69, 9.17) is 5.84 Å². The summed E-state index contributed by atoms with van der Waals surface area (Å²) in [6.07, 6.45) is 5.21. The van der Waals surface area contributed by atoms with Crippen LogP contribution in [-0.2, 0) is 0 Å². The summed E-state index contributed by atoms with van der Waals surface area (Å²) >= 11 is 0. The third kappa shape index (κ3) is 2.38. The molecule has 0 spiro atoms. The fourth-order valence-corrected chi connectivity index (χ4v) is 3.29. The molecule has 1 aromatic rings. The van der Waals surface area contributed by atoms with Gasteiger partial charge in [-0.2, -0.15) is 0 Å². The van der Waals surface area contributed by atoms with E-state index >= 15 is 0 Å². The van der Waals surface area contributed by atoms with E-state index in [1.807, 2.05) is 0 Å². The van der Waals surface area contributed by atoms with Gasteiger partial charge in [0.25, 0.3) is 0 Å². The van der Waals surface area contributed by atoms with Crippen molar-refractivity contribution in [2.45, 2.75) is 52.5 Å². The van der Waals surface area contributed by atoms with E-state index in [-0.39, 0.29) is 6.04 Å². The van der Waals surface area contributed by atoms with Crippen LogP contribution in [-0.4, -0.2) is 0 Å². The highest BCUT2D eigenvalue weighted by Gasteiger charge is 2.37. The van der Waals surface area contributed by atoms with E-state index in [0.717, 1.165) is 0 Å². The molecule has 0 saturated heterocycles. The molecule has 0 heterocycles. The first-order valence-corrected chi connectivity index (χ1v) is 6.60. The Morgan fingerprint density at radius 1 is 1.24 bits per heavy atom. The number of rotatable bonds is 3. The number of nitrogens with one attached hydrogen (secondary N) is 1. The van der Waals surface area contributed by atoms with Crippen molar-refractivity contribution in [2.24, 2.45) is 11.3 Å². The molecule has 0 aliphatic heterocycles. The lowest BCUT2D eigenvalue weighted by atomic mass is 9.76. The van der Waals surface area contributed by atoms with Crippen molar-refractivity contribution >= 4 is 0 Å². The quantitative estimate of drug-likeness (QED) is 0.619. The summed E-state index contributed by atoms with van der Waals surface area (Å²) in [4.78, 5) is 0. The summed E-state index contributed by atoms with van der Waals surface area (Å²) in [6.45, 7) is 6.69. The van der Waals surface area contributed by atoms with Crippen molar-refractivity contribution < 1.29 is 0 Å². The molecule has 2 nitrogen and oxygen atoms in total. The Labute approximate surface area is 105 Å². The first-order valence-electron chi connectivity index (χ1n) is 6.60. The molecule has 3 N–H and O–H groups in total. The van der Waals surface area contributed by atoms with Crippen molar-refractivity contribution in [2.75, 3.05) is 0 Å². The van der Waals surface area contributed by atoms with E-state index in [9.17, 15) is 0 Å². The molecule has 2 rings (SSSR count). The van der Waals surface area contributed by atoms with Crippen LogP contribution in [0.5, 0.6) is 0 Å². The van der Waals surface area contributed by atoms with Gasteiger partial charge in [0.1, 0.15) is 0 Å². The van der Waals surface area contributed by atoms with Crippen molar-refractivity contribution in [1.82, 2.24) is 5.43 Å². The Morgan fingerprint density at radius 3 is 2.41 bits per heavy atom. The van der Waals surface area contributed by atoms with Gasteiger partial charge in [-0.15, -0.1) is 0 Å². The fraction of sp³-hybridized carbons (Fsp3) is 0.600. The molecule has 2 heteroatoms. The van der Waals surface area contributed by atoms with Crippen molar-refractivity contribution in [3.8, 4) is 0 Å². The summed E-state index contributed by atoms with van der Waals surface area (Å²) in [5.41, 5.74) is 7.41. The first kappa shape index (κ1) is 12.6. The largest absolute Gasteiger partial charge is 0.271 e. The molecule has 1 aliphatic carbocycles. The average molecular weight is 232 g/mol. The zero-order chi connectivity index (χ0) is 12.5. The predicted octanol–water partition coefficient (Wildman–Crippen LogP) is 3.39. The minimum absolute atomic E-state index is 0.283. The van der Waals surface area contributed by atoms with Crippen molar-refractivity contribution in [1.29, 1.82) is 0 Å². The normalized spacial score (nSPS) is 20.5. The van der Waals surface area contributed by atoms with E-state index < -0.39 is 0 Å². The molecule has 1 fully saturated rings. The van der Waals surface area contributed by atoms with E-state index in [1.165, 1.54) is 42.4 Å². The smallest absolute Gasteiger partial charge is 0.0516 e. The van der Waals surface area contributed by atoms with Crippen LogP contribution in [0.4, 0.5) is 0 Å². The van der Waals surface area contributed by atoms with Gasteiger partial charge in [0.15, 0.2) is 0 Å². The van der Waals surface area contributed by atoms with Gasteiger partial charge >= 0.3 is 0 Å². The second-order valence-electron chi connectivity index (χ2n) is 5.82. The average Bonchev–Trinajstić information content (AvgIpc) is 2.70. The van der Waals surface area contributed by atoms with Crippen molar-refractivity contribution in [3.63, 3.8) is 0 Å². The summed E-state index contributed by atoms with van der Waals surface area (Å²) in [5.74, 6) is 5.83. The molecule has 1 aromatic carbocycles. The van der Waals surface area contributed by atoms with Gasteiger partial charge in [-0.3, -0.25) is 11.3 Å². The summed E-state index contributed by atoms with van der Waals surface area (Å²) < 4.78 is 0. The van der Waals surface area contributed by atoms with Gasteiger partial charge in [-0.1, -0.05) is 43.5 Å². The summed E-state index contributed by atoms with van der Waals surface area (Å²) in [7, 11) is 0. The maximum Gasteiger partial charge on any atom is 0.0516 e. The number of hydrazine groups is 1. The second-order valence-corrected chi connectivity index (χ2v) is 5.82. The molecule has 94 valence electrons. The van der Waals surface area contributed by atoms with Crippen LogP contribution in [0.15, 0.2) is 18.2 Å². The minimum atomic E-state index is 0.283. The molecule has 1 atom stereocenters. The number of nitrogens with two attached hydrogens (primary N) is 1. The summed E-state index contributed by atoms with van der Waals surface area (Å²) in [5, 5.41) is 0. The lowest BCUT2D eigenvalue weighted by Gasteiger charge is -2.35. The van der Waals surface area contributed by atoms with E-state index in [1.54, 1.807) is 0 Å². The molecule has 0 radical (unpaired) electrons. The van der Waals surface area contributed by atoms with E-state index in [0.29, 0.717) is 5.41 Å². The molecular weight excluding hydrogens is 208 g/mol. The SMILES string of the molecule is Cc1ccc(C(NN)C2(C)CCCC2)c(C)c1. The number of aryl methyl sites for hydroxylation is 2. The Morgan fingerprint density at radius 2 is 1.88 bits per heavy atom. The van der Waals surface area contributed by atoms with Crippen LogP contribution >= 0.6 is 0 Å². The molecular formula is C15H24N2. The Bertz CT molecular complexity index is 392. The zero-order valence-electron chi connectivity index (χ0n) is 11.2. The number of hydrogen-bond donors (Lipinski definition) is 2.